The van der Waals surface area contributed by atoms with Gasteiger partial charge in [-0.05, 0) is 18.8 Å². The van der Waals surface area contributed by atoms with Gasteiger partial charge < -0.3 is 15.1 Å². The summed E-state index contributed by atoms with van der Waals surface area (Å²) in [6, 6.07) is 0. The maximum Gasteiger partial charge on any atom is 0.407 e. The molecule has 2 fully saturated rings. The number of nitrogens with zero attached hydrogens (tertiary/aromatic N) is 1. The molecule has 1 heterocycles. The van der Waals surface area contributed by atoms with Crippen LogP contribution in [0.4, 0.5) is 4.79 Å². The maximum atomic E-state index is 10.6. The highest BCUT2D eigenvalue weighted by atomic mass is 16.4. The van der Waals surface area contributed by atoms with Crippen LogP contribution in [0.15, 0.2) is 0 Å². The number of rotatable bonds is 1. The lowest BCUT2D eigenvalue weighted by atomic mass is 10.0. The van der Waals surface area contributed by atoms with Crippen molar-refractivity contribution in [2.45, 2.75) is 18.9 Å². The first-order valence-electron chi connectivity index (χ1n) is 4.34. The third kappa shape index (κ3) is 1.27. The lowest BCUT2D eigenvalue weighted by Gasteiger charge is -2.10. The van der Waals surface area contributed by atoms with E-state index in [2.05, 4.69) is 0 Å². The summed E-state index contributed by atoms with van der Waals surface area (Å²) in [7, 11) is 0. The molecular formula is C8H13NO3. The van der Waals surface area contributed by atoms with Crippen LogP contribution >= 0.6 is 0 Å². The van der Waals surface area contributed by atoms with E-state index >= 15 is 0 Å². The Morgan fingerprint density at radius 2 is 2.00 bits per heavy atom. The standard InChI is InChI=1S/C8H13NO3/c10-7-4-9(8(11)12)3-6(7)5-1-2-5/h5-7,10H,1-4H2,(H,11,12)/t6-,7+/m0/s1. The Balaban J connectivity index is 1.96. The van der Waals surface area contributed by atoms with Crippen LogP contribution in [0.25, 0.3) is 0 Å². The van der Waals surface area contributed by atoms with Gasteiger partial charge in [0.15, 0.2) is 0 Å². The smallest absolute Gasteiger partial charge is 0.407 e. The Kier molecular flexibility index (Phi) is 1.72. The summed E-state index contributed by atoms with van der Waals surface area (Å²) >= 11 is 0. The highest BCUT2D eigenvalue weighted by Gasteiger charge is 2.42. The molecule has 68 valence electrons. The summed E-state index contributed by atoms with van der Waals surface area (Å²) in [4.78, 5) is 11.9. The minimum atomic E-state index is -0.905. The molecule has 2 rings (SSSR count). The number of hydrogen-bond acceptors (Lipinski definition) is 2. The minimum Gasteiger partial charge on any atom is -0.465 e. The van der Waals surface area contributed by atoms with E-state index in [1.54, 1.807) is 0 Å². The summed E-state index contributed by atoms with van der Waals surface area (Å²) in [5, 5.41) is 18.2. The molecule has 0 unspecified atom stereocenters. The fraction of sp³-hybridized carbons (Fsp3) is 0.875. The highest BCUT2D eigenvalue weighted by molar-refractivity contribution is 5.65. The van der Waals surface area contributed by atoms with Crippen LogP contribution in [0, 0.1) is 11.8 Å². The zero-order valence-electron chi connectivity index (χ0n) is 6.81. The molecule has 4 nitrogen and oxygen atoms in total. The van der Waals surface area contributed by atoms with Gasteiger partial charge in [0.25, 0.3) is 0 Å². The van der Waals surface area contributed by atoms with Crippen molar-refractivity contribution in [2.75, 3.05) is 13.1 Å². The number of aliphatic hydroxyl groups is 1. The number of likely N-dealkylation sites (tertiary alicyclic amines) is 1. The second-order valence-electron chi connectivity index (χ2n) is 3.76. The third-order valence-electron chi connectivity index (χ3n) is 2.83. The van der Waals surface area contributed by atoms with Crippen molar-refractivity contribution in [3.8, 4) is 0 Å². The van der Waals surface area contributed by atoms with Crippen molar-refractivity contribution in [1.29, 1.82) is 0 Å². The zero-order valence-corrected chi connectivity index (χ0v) is 6.81. The molecule has 2 atom stereocenters. The predicted molar refractivity (Wildman–Crippen MR) is 41.8 cm³/mol. The quantitative estimate of drug-likeness (QED) is 0.599. The molecule has 0 radical (unpaired) electrons. The van der Waals surface area contributed by atoms with E-state index in [9.17, 15) is 9.90 Å². The number of carbonyl (C=O) groups is 1. The fourth-order valence-electron chi connectivity index (χ4n) is 1.96. The van der Waals surface area contributed by atoms with Crippen LogP contribution in [0.5, 0.6) is 0 Å². The summed E-state index contributed by atoms with van der Waals surface area (Å²) < 4.78 is 0. The van der Waals surface area contributed by atoms with E-state index in [4.69, 9.17) is 5.11 Å². The van der Waals surface area contributed by atoms with Crippen LogP contribution in [-0.4, -0.2) is 40.4 Å². The molecule has 0 aromatic heterocycles. The predicted octanol–water partition coefficient (Wildman–Crippen LogP) is 0.367. The Labute approximate surface area is 70.8 Å². The lowest BCUT2D eigenvalue weighted by Crippen LogP contribution is -2.27. The molecule has 1 saturated carbocycles. The topological polar surface area (TPSA) is 60.8 Å². The summed E-state index contributed by atoms with van der Waals surface area (Å²) in [5.74, 6) is 0.797. The van der Waals surface area contributed by atoms with Gasteiger partial charge in [-0.3, -0.25) is 0 Å². The van der Waals surface area contributed by atoms with Crippen molar-refractivity contribution in [1.82, 2.24) is 4.90 Å². The molecule has 0 aromatic rings. The molecule has 2 N–H and O–H groups in total. The van der Waals surface area contributed by atoms with E-state index in [-0.39, 0.29) is 5.92 Å². The first kappa shape index (κ1) is 7.86. The normalized spacial score (nSPS) is 35.6. The average molecular weight is 171 g/mol. The van der Waals surface area contributed by atoms with Gasteiger partial charge in [0, 0.05) is 12.5 Å². The highest BCUT2D eigenvalue weighted by Crippen LogP contribution is 2.41. The van der Waals surface area contributed by atoms with Crippen LogP contribution in [0.3, 0.4) is 0 Å². The Morgan fingerprint density at radius 1 is 1.33 bits per heavy atom. The molecule has 0 aromatic carbocycles. The molecule has 1 saturated heterocycles. The van der Waals surface area contributed by atoms with E-state index in [0.29, 0.717) is 19.0 Å². The van der Waals surface area contributed by atoms with Crippen molar-refractivity contribution in [2.24, 2.45) is 11.8 Å². The van der Waals surface area contributed by atoms with Gasteiger partial charge in [-0.1, -0.05) is 0 Å². The first-order valence-corrected chi connectivity index (χ1v) is 4.34. The molecule has 1 aliphatic heterocycles. The lowest BCUT2D eigenvalue weighted by molar-refractivity contribution is 0.126. The van der Waals surface area contributed by atoms with Crippen LogP contribution in [0.1, 0.15) is 12.8 Å². The number of amides is 1. The van der Waals surface area contributed by atoms with Crippen LogP contribution in [-0.2, 0) is 0 Å². The van der Waals surface area contributed by atoms with Gasteiger partial charge in [0.05, 0.1) is 12.6 Å². The van der Waals surface area contributed by atoms with E-state index < -0.39 is 12.2 Å². The second kappa shape index (κ2) is 2.62. The molecule has 0 bridgehead atoms. The third-order valence-corrected chi connectivity index (χ3v) is 2.83. The summed E-state index contributed by atoms with van der Waals surface area (Å²) in [5.41, 5.74) is 0. The number of carboxylic acid groups (broad SMARTS) is 1. The van der Waals surface area contributed by atoms with Crippen molar-refractivity contribution in [3.05, 3.63) is 0 Å². The van der Waals surface area contributed by atoms with E-state index in [1.165, 1.54) is 4.90 Å². The van der Waals surface area contributed by atoms with Gasteiger partial charge in [0.1, 0.15) is 0 Å². The zero-order chi connectivity index (χ0) is 8.72. The van der Waals surface area contributed by atoms with Crippen molar-refractivity contribution in [3.63, 3.8) is 0 Å². The largest absolute Gasteiger partial charge is 0.465 e. The molecule has 4 heteroatoms. The number of β-amino-alcohol motifs (C(OH)–C–C–N with tert-alkyl or cyclic N) is 1. The molecule has 1 amide bonds. The summed E-state index contributed by atoms with van der Waals surface area (Å²) in [6.45, 7) is 0.831. The van der Waals surface area contributed by atoms with E-state index in [0.717, 1.165) is 12.8 Å². The van der Waals surface area contributed by atoms with Gasteiger partial charge >= 0.3 is 6.09 Å². The Morgan fingerprint density at radius 3 is 2.42 bits per heavy atom. The molecule has 12 heavy (non-hydrogen) atoms. The van der Waals surface area contributed by atoms with Gasteiger partial charge in [0.2, 0.25) is 0 Å². The second-order valence-corrected chi connectivity index (χ2v) is 3.76. The summed E-state index contributed by atoms with van der Waals surface area (Å²) in [6.07, 6.45) is 0.996. The van der Waals surface area contributed by atoms with Gasteiger partial charge in [-0.25, -0.2) is 4.79 Å². The fourth-order valence-corrected chi connectivity index (χ4v) is 1.96. The van der Waals surface area contributed by atoms with Crippen LogP contribution < -0.4 is 0 Å². The molecule has 2 aliphatic rings. The SMILES string of the molecule is O=C(O)N1C[C@@H](O)[C@H](C2CC2)C1. The van der Waals surface area contributed by atoms with E-state index in [1.807, 2.05) is 0 Å². The number of hydrogen-bond donors (Lipinski definition) is 2. The monoisotopic (exact) mass is 171 g/mol. The minimum absolute atomic E-state index is 0.209. The van der Waals surface area contributed by atoms with Gasteiger partial charge in [-0.15, -0.1) is 0 Å². The Bertz CT molecular complexity index is 202. The van der Waals surface area contributed by atoms with Crippen molar-refractivity contribution < 1.29 is 15.0 Å². The molecule has 0 spiro atoms. The molecular weight excluding hydrogens is 158 g/mol. The first-order chi connectivity index (χ1) is 5.68. The average Bonchev–Trinajstić information content (AvgIpc) is 2.75. The maximum absolute atomic E-state index is 10.6. The van der Waals surface area contributed by atoms with Crippen molar-refractivity contribution >= 4 is 6.09 Å². The molecule has 1 aliphatic carbocycles. The number of aliphatic hydroxyl groups excluding tert-OH is 1. The van der Waals surface area contributed by atoms with Crippen LogP contribution in [0.2, 0.25) is 0 Å². The Hall–Kier alpha value is -0.770. The van der Waals surface area contributed by atoms with Gasteiger partial charge in [-0.2, -0.15) is 0 Å².